The minimum atomic E-state index is -1.14. The van der Waals surface area contributed by atoms with Crippen LogP contribution in [0.4, 0.5) is 20.2 Å². The summed E-state index contributed by atoms with van der Waals surface area (Å²) in [6.45, 7) is 0.321. The first-order valence-corrected chi connectivity index (χ1v) is 8.18. The molecule has 0 aliphatic carbocycles. The zero-order valence-corrected chi connectivity index (χ0v) is 14.9. The van der Waals surface area contributed by atoms with Crippen molar-refractivity contribution in [3.05, 3.63) is 69.8 Å². The fourth-order valence-corrected chi connectivity index (χ4v) is 2.66. The van der Waals surface area contributed by atoms with Crippen molar-refractivity contribution in [1.29, 1.82) is 0 Å². The molecule has 27 heavy (non-hydrogen) atoms. The van der Waals surface area contributed by atoms with Crippen molar-refractivity contribution in [3.63, 3.8) is 0 Å². The van der Waals surface area contributed by atoms with Crippen LogP contribution in [0.15, 0.2) is 42.5 Å². The largest absolute Gasteiger partial charge is 0.378 e. The van der Waals surface area contributed by atoms with E-state index in [-0.39, 0.29) is 24.3 Å². The van der Waals surface area contributed by atoms with Gasteiger partial charge in [-0.2, -0.15) is 0 Å². The van der Waals surface area contributed by atoms with E-state index in [0.29, 0.717) is 5.69 Å². The molecular weight excluding hydrogens is 358 g/mol. The fraction of sp³-hybridized carbons (Fsp3) is 0.278. The number of likely N-dealkylation sites (N-methyl/N-ethyl adjacent to an activating group) is 1. The highest BCUT2D eigenvalue weighted by Crippen LogP contribution is 2.25. The Morgan fingerprint density at radius 2 is 1.74 bits per heavy atom. The number of benzene rings is 2. The van der Waals surface area contributed by atoms with E-state index in [9.17, 15) is 23.7 Å². The third-order valence-electron chi connectivity index (χ3n) is 3.88. The summed E-state index contributed by atoms with van der Waals surface area (Å²) in [5.41, 5.74) is -0.0869. The summed E-state index contributed by atoms with van der Waals surface area (Å²) in [5.74, 6) is -2.18. The average Bonchev–Trinajstić information content (AvgIpc) is 2.61. The van der Waals surface area contributed by atoms with Crippen molar-refractivity contribution < 1.29 is 18.5 Å². The summed E-state index contributed by atoms with van der Waals surface area (Å²) in [4.78, 5) is 24.3. The van der Waals surface area contributed by atoms with Gasteiger partial charge in [0.25, 0.3) is 5.69 Å². The number of nitro benzene ring substituents is 1. The molecule has 0 fully saturated rings. The quantitative estimate of drug-likeness (QED) is 0.419. The van der Waals surface area contributed by atoms with E-state index < -0.39 is 28.5 Å². The number of carbonyl (C=O) groups is 1. The van der Waals surface area contributed by atoms with Crippen LogP contribution in [0.25, 0.3) is 0 Å². The third kappa shape index (κ3) is 4.98. The molecule has 0 aromatic heterocycles. The number of amides is 1. The van der Waals surface area contributed by atoms with E-state index in [1.54, 1.807) is 32.3 Å². The van der Waals surface area contributed by atoms with Crippen molar-refractivity contribution in [2.45, 2.75) is 6.04 Å². The highest BCUT2D eigenvalue weighted by molar-refractivity contribution is 5.83. The van der Waals surface area contributed by atoms with Gasteiger partial charge in [0, 0.05) is 19.2 Å². The fourth-order valence-electron chi connectivity index (χ4n) is 2.66. The lowest BCUT2D eigenvalue weighted by molar-refractivity contribution is -0.384. The lowest BCUT2D eigenvalue weighted by atomic mass is 10.0. The van der Waals surface area contributed by atoms with Gasteiger partial charge in [0.2, 0.25) is 5.91 Å². The molecule has 2 aromatic rings. The Labute approximate surface area is 155 Å². The van der Waals surface area contributed by atoms with Gasteiger partial charge in [-0.25, -0.2) is 8.78 Å². The van der Waals surface area contributed by atoms with Crippen LogP contribution in [0.5, 0.6) is 0 Å². The first-order valence-electron chi connectivity index (χ1n) is 8.18. The monoisotopic (exact) mass is 378 g/mol. The minimum absolute atomic E-state index is 0.0802. The number of nitrogens with one attached hydrogen (secondary N) is 2. The molecule has 9 heteroatoms. The maximum atomic E-state index is 14.0. The molecule has 0 unspecified atom stereocenters. The van der Waals surface area contributed by atoms with E-state index in [2.05, 4.69) is 10.6 Å². The van der Waals surface area contributed by atoms with Crippen LogP contribution in [-0.2, 0) is 4.79 Å². The molecule has 2 rings (SSSR count). The molecule has 2 aromatic carbocycles. The highest BCUT2D eigenvalue weighted by Gasteiger charge is 2.28. The number of para-hydroxylation sites is 2. The number of hydrogen-bond acceptors (Lipinski definition) is 5. The summed E-state index contributed by atoms with van der Waals surface area (Å²) in [6, 6.07) is 8.40. The van der Waals surface area contributed by atoms with Crippen molar-refractivity contribution in [2.24, 2.45) is 0 Å². The normalized spacial score (nSPS) is 11.9. The summed E-state index contributed by atoms with van der Waals surface area (Å²) in [7, 11) is 3.09. The number of nitrogens with zero attached hydrogens (tertiary/aromatic N) is 2. The molecular formula is C18H20F2N4O3. The molecule has 144 valence electrons. The van der Waals surface area contributed by atoms with Gasteiger partial charge in [0.05, 0.1) is 10.5 Å². The van der Waals surface area contributed by atoms with Crippen LogP contribution < -0.4 is 10.6 Å². The number of nitro groups is 1. The highest BCUT2D eigenvalue weighted by atomic mass is 19.1. The molecule has 1 atom stereocenters. The summed E-state index contributed by atoms with van der Waals surface area (Å²) < 4.78 is 28.1. The van der Waals surface area contributed by atoms with Crippen molar-refractivity contribution >= 4 is 17.3 Å². The molecule has 0 aliphatic rings. The van der Waals surface area contributed by atoms with Crippen molar-refractivity contribution in [3.8, 4) is 0 Å². The number of anilines is 1. The van der Waals surface area contributed by atoms with Gasteiger partial charge in [0.15, 0.2) is 0 Å². The maximum absolute atomic E-state index is 14.0. The lowest BCUT2D eigenvalue weighted by Crippen LogP contribution is -2.39. The first-order chi connectivity index (χ1) is 12.8. The second-order valence-electron chi connectivity index (χ2n) is 5.99. The van der Waals surface area contributed by atoms with Gasteiger partial charge in [0.1, 0.15) is 23.4 Å². The standard InChI is InChI=1S/C18H20F2N4O3/c1-23(2)17(16-12(19)6-5-7-13(16)20)18(25)22-11-10-21-14-8-3-4-9-15(14)24(26)27/h3-9,17,21H,10-11H2,1-2H3,(H,22,25)/t17-/m1/s1. The van der Waals surface area contributed by atoms with E-state index in [1.165, 1.54) is 17.0 Å². The number of halogens is 2. The third-order valence-corrected chi connectivity index (χ3v) is 3.88. The summed E-state index contributed by atoms with van der Waals surface area (Å²) in [5, 5.41) is 16.4. The van der Waals surface area contributed by atoms with Crippen molar-refractivity contribution in [1.82, 2.24) is 10.2 Å². The van der Waals surface area contributed by atoms with Crippen LogP contribution in [-0.4, -0.2) is 42.9 Å². The van der Waals surface area contributed by atoms with E-state index in [4.69, 9.17) is 0 Å². The molecule has 0 saturated heterocycles. The molecule has 7 nitrogen and oxygen atoms in total. The maximum Gasteiger partial charge on any atom is 0.292 e. The molecule has 0 saturated carbocycles. The van der Waals surface area contributed by atoms with E-state index >= 15 is 0 Å². The molecule has 0 radical (unpaired) electrons. The predicted molar refractivity (Wildman–Crippen MR) is 97.4 cm³/mol. The zero-order valence-electron chi connectivity index (χ0n) is 14.9. The van der Waals surface area contributed by atoms with Crippen LogP contribution in [0.1, 0.15) is 11.6 Å². The van der Waals surface area contributed by atoms with E-state index in [1.807, 2.05) is 0 Å². The average molecular weight is 378 g/mol. The first kappa shape index (κ1) is 20.2. The van der Waals surface area contributed by atoms with Crippen LogP contribution in [0.3, 0.4) is 0 Å². The smallest absolute Gasteiger partial charge is 0.292 e. The topological polar surface area (TPSA) is 87.5 Å². The van der Waals surface area contributed by atoms with Gasteiger partial charge in [-0.05, 0) is 32.3 Å². The van der Waals surface area contributed by atoms with Crippen LogP contribution in [0, 0.1) is 21.7 Å². The lowest BCUT2D eigenvalue weighted by Gasteiger charge is -2.24. The summed E-state index contributed by atoms with van der Waals surface area (Å²) in [6.07, 6.45) is 0. The molecule has 0 heterocycles. The summed E-state index contributed by atoms with van der Waals surface area (Å²) >= 11 is 0. The SMILES string of the molecule is CN(C)[C@@H](C(=O)NCCNc1ccccc1[N+](=O)[O-])c1c(F)cccc1F. The number of rotatable bonds is 8. The molecule has 2 N–H and O–H groups in total. The van der Waals surface area contributed by atoms with Crippen LogP contribution in [0.2, 0.25) is 0 Å². The van der Waals surface area contributed by atoms with Crippen molar-refractivity contribution in [2.75, 3.05) is 32.5 Å². The van der Waals surface area contributed by atoms with Gasteiger partial charge < -0.3 is 10.6 Å². The predicted octanol–water partition coefficient (Wildman–Crippen LogP) is 2.70. The minimum Gasteiger partial charge on any atom is -0.378 e. The van der Waals surface area contributed by atoms with Gasteiger partial charge in [-0.1, -0.05) is 18.2 Å². The number of carbonyl (C=O) groups excluding carboxylic acids is 1. The van der Waals surface area contributed by atoms with Gasteiger partial charge in [-0.3, -0.25) is 19.8 Å². The second-order valence-corrected chi connectivity index (χ2v) is 5.99. The second kappa shape index (κ2) is 9.04. The Hall–Kier alpha value is -3.07. The Kier molecular flexibility index (Phi) is 6.78. The van der Waals surface area contributed by atoms with Crippen LogP contribution >= 0.6 is 0 Å². The van der Waals surface area contributed by atoms with Gasteiger partial charge >= 0.3 is 0 Å². The molecule has 1 amide bonds. The molecule has 0 aliphatic heterocycles. The van der Waals surface area contributed by atoms with E-state index in [0.717, 1.165) is 12.1 Å². The Balaban J connectivity index is 2.01. The molecule has 0 spiro atoms. The molecule has 0 bridgehead atoms. The Bertz CT molecular complexity index is 810. The Morgan fingerprint density at radius 1 is 1.11 bits per heavy atom. The van der Waals surface area contributed by atoms with Gasteiger partial charge in [-0.15, -0.1) is 0 Å². The Morgan fingerprint density at radius 3 is 2.33 bits per heavy atom. The zero-order chi connectivity index (χ0) is 20.0. The number of hydrogen-bond donors (Lipinski definition) is 2.